The molecule has 0 aliphatic heterocycles. The van der Waals surface area contributed by atoms with Gasteiger partial charge in [-0.2, -0.15) is 0 Å². The Morgan fingerprint density at radius 3 is 2.43 bits per heavy atom. The van der Waals surface area contributed by atoms with Crippen LogP contribution in [0.2, 0.25) is 0 Å². The summed E-state index contributed by atoms with van der Waals surface area (Å²) in [4.78, 5) is 4.40. The van der Waals surface area contributed by atoms with Gasteiger partial charge in [0.2, 0.25) is 0 Å². The van der Waals surface area contributed by atoms with Gasteiger partial charge in [-0.25, -0.2) is 4.98 Å². The van der Waals surface area contributed by atoms with Gasteiger partial charge in [0.05, 0.1) is 14.5 Å². The van der Waals surface area contributed by atoms with Crippen LogP contribution in [0.25, 0.3) is 11.3 Å². The molecule has 72 valence electrons. The first kappa shape index (κ1) is 9.68. The van der Waals surface area contributed by atoms with Crippen molar-refractivity contribution < 1.29 is 5.11 Å². The van der Waals surface area contributed by atoms with Gasteiger partial charge in [0.25, 0.3) is 0 Å². The van der Waals surface area contributed by atoms with Crippen molar-refractivity contribution in [3.8, 4) is 17.0 Å². The van der Waals surface area contributed by atoms with Crippen molar-refractivity contribution in [2.45, 2.75) is 6.92 Å². The molecule has 0 saturated heterocycles. The van der Waals surface area contributed by atoms with Gasteiger partial charge >= 0.3 is 0 Å². The van der Waals surface area contributed by atoms with E-state index in [4.69, 9.17) is 5.11 Å². The molecular formula is C10H8BrNOS. The fourth-order valence-electron chi connectivity index (χ4n) is 1.20. The number of thiazole rings is 1. The molecule has 1 aromatic heterocycles. The molecular weight excluding hydrogens is 262 g/mol. The van der Waals surface area contributed by atoms with E-state index in [1.807, 2.05) is 19.1 Å². The number of halogens is 1. The van der Waals surface area contributed by atoms with Gasteiger partial charge in [-0.3, -0.25) is 0 Å². The van der Waals surface area contributed by atoms with Crippen LogP contribution in [0.3, 0.4) is 0 Å². The van der Waals surface area contributed by atoms with Gasteiger partial charge < -0.3 is 5.11 Å². The summed E-state index contributed by atoms with van der Waals surface area (Å²) in [6.07, 6.45) is 0. The van der Waals surface area contributed by atoms with Crippen LogP contribution >= 0.6 is 27.3 Å². The second-order valence-corrected chi connectivity index (χ2v) is 5.42. The van der Waals surface area contributed by atoms with Crippen LogP contribution < -0.4 is 0 Å². The van der Waals surface area contributed by atoms with Crippen LogP contribution in [0.5, 0.6) is 5.75 Å². The van der Waals surface area contributed by atoms with Crippen LogP contribution in [0.4, 0.5) is 0 Å². The molecule has 0 aliphatic carbocycles. The monoisotopic (exact) mass is 269 g/mol. The fourth-order valence-corrected chi connectivity index (χ4v) is 2.88. The normalized spacial score (nSPS) is 10.4. The Morgan fingerprint density at radius 1 is 1.29 bits per heavy atom. The number of aromatic hydroxyl groups is 1. The van der Waals surface area contributed by atoms with E-state index in [0.29, 0.717) is 0 Å². The summed E-state index contributed by atoms with van der Waals surface area (Å²) in [6.45, 7) is 1.97. The van der Waals surface area contributed by atoms with E-state index >= 15 is 0 Å². The highest BCUT2D eigenvalue weighted by atomic mass is 79.9. The highest BCUT2D eigenvalue weighted by Crippen LogP contribution is 2.33. The zero-order chi connectivity index (χ0) is 10.1. The number of rotatable bonds is 1. The third-order valence-corrected chi connectivity index (χ3v) is 3.45. The SMILES string of the molecule is Cc1nc(-c2ccc(O)cc2)c(Br)s1. The van der Waals surface area contributed by atoms with Crippen LogP contribution in [-0.2, 0) is 0 Å². The maximum absolute atomic E-state index is 9.15. The summed E-state index contributed by atoms with van der Waals surface area (Å²) < 4.78 is 1.03. The molecule has 0 atom stereocenters. The molecule has 0 amide bonds. The molecule has 0 saturated carbocycles. The first-order valence-corrected chi connectivity index (χ1v) is 5.70. The second-order valence-electron chi connectivity index (χ2n) is 2.90. The number of aromatic nitrogens is 1. The number of phenols is 1. The molecule has 2 nitrogen and oxygen atoms in total. The summed E-state index contributed by atoms with van der Waals surface area (Å²) in [7, 11) is 0. The second kappa shape index (κ2) is 3.71. The number of aryl methyl sites for hydroxylation is 1. The lowest BCUT2D eigenvalue weighted by atomic mass is 10.2. The van der Waals surface area contributed by atoms with Gasteiger partial charge in [0, 0.05) is 5.56 Å². The van der Waals surface area contributed by atoms with Gasteiger partial charge in [-0.15, -0.1) is 11.3 Å². The number of nitrogens with zero attached hydrogens (tertiary/aromatic N) is 1. The molecule has 0 fully saturated rings. The Balaban J connectivity index is 2.49. The number of hydrogen-bond acceptors (Lipinski definition) is 3. The molecule has 0 unspecified atom stereocenters. The van der Waals surface area contributed by atoms with Crippen LogP contribution in [0.15, 0.2) is 28.1 Å². The highest BCUT2D eigenvalue weighted by molar-refractivity contribution is 9.11. The predicted molar refractivity (Wildman–Crippen MR) is 61.7 cm³/mol. The standard InChI is InChI=1S/C10H8BrNOS/c1-6-12-9(10(11)14-6)7-2-4-8(13)5-3-7/h2-5,13H,1H3. The van der Waals surface area contributed by atoms with Crippen molar-refractivity contribution >= 4 is 27.3 Å². The molecule has 0 spiro atoms. The lowest BCUT2D eigenvalue weighted by Gasteiger charge is -1.97. The average molecular weight is 270 g/mol. The molecule has 0 radical (unpaired) electrons. The molecule has 2 aromatic rings. The zero-order valence-corrected chi connectivity index (χ0v) is 9.89. The first-order valence-electron chi connectivity index (χ1n) is 4.09. The van der Waals surface area contributed by atoms with Crippen molar-refractivity contribution in [3.63, 3.8) is 0 Å². The summed E-state index contributed by atoms with van der Waals surface area (Å²) >= 11 is 5.08. The Bertz CT molecular complexity index is 450. The molecule has 1 heterocycles. The topological polar surface area (TPSA) is 33.1 Å². The molecule has 2 rings (SSSR count). The number of hydrogen-bond donors (Lipinski definition) is 1. The minimum Gasteiger partial charge on any atom is -0.508 e. The lowest BCUT2D eigenvalue weighted by Crippen LogP contribution is -1.78. The maximum Gasteiger partial charge on any atom is 0.115 e. The van der Waals surface area contributed by atoms with E-state index in [1.54, 1.807) is 23.5 Å². The van der Waals surface area contributed by atoms with Crippen molar-refractivity contribution in [2.24, 2.45) is 0 Å². The summed E-state index contributed by atoms with van der Waals surface area (Å²) in [5.74, 6) is 0.275. The quantitative estimate of drug-likeness (QED) is 0.859. The molecule has 14 heavy (non-hydrogen) atoms. The van der Waals surface area contributed by atoms with Gasteiger partial charge in [0.1, 0.15) is 5.75 Å². The smallest absolute Gasteiger partial charge is 0.115 e. The highest BCUT2D eigenvalue weighted by Gasteiger charge is 2.08. The van der Waals surface area contributed by atoms with E-state index in [2.05, 4.69) is 20.9 Å². The van der Waals surface area contributed by atoms with Gasteiger partial charge in [-0.1, -0.05) is 0 Å². The largest absolute Gasteiger partial charge is 0.508 e. The van der Waals surface area contributed by atoms with E-state index in [0.717, 1.165) is 20.1 Å². The third kappa shape index (κ3) is 1.81. The summed E-state index contributed by atoms with van der Waals surface area (Å²) in [5.41, 5.74) is 1.95. The Hall–Kier alpha value is -0.870. The predicted octanol–water partition coefficient (Wildman–Crippen LogP) is 3.59. The van der Waals surface area contributed by atoms with E-state index in [1.165, 1.54) is 0 Å². The van der Waals surface area contributed by atoms with Crippen LogP contribution in [-0.4, -0.2) is 10.1 Å². The molecule has 0 bridgehead atoms. The minimum atomic E-state index is 0.275. The molecule has 4 heteroatoms. The minimum absolute atomic E-state index is 0.275. The van der Waals surface area contributed by atoms with Crippen molar-refractivity contribution in [2.75, 3.05) is 0 Å². The Morgan fingerprint density at radius 2 is 1.93 bits per heavy atom. The molecule has 1 N–H and O–H groups in total. The molecule has 1 aromatic carbocycles. The first-order chi connectivity index (χ1) is 6.66. The third-order valence-electron chi connectivity index (χ3n) is 1.83. The van der Waals surface area contributed by atoms with E-state index < -0.39 is 0 Å². The van der Waals surface area contributed by atoms with Gasteiger partial charge in [0.15, 0.2) is 0 Å². The van der Waals surface area contributed by atoms with Crippen LogP contribution in [0.1, 0.15) is 5.01 Å². The van der Waals surface area contributed by atoms with E-state index in [9.17, 15) is 0 Å². The maximum atomic E-state index is 9.15. The van der Waals surface area contributed by atoms with E-state index in [-0.39, 0.29) is 5.75 Å². The zero-order valence-electron chi connectivity index (χ0n) is 7.49. The lowest BCUT2D eigenvalue weighted by molar-refractivity contribution is 0.475. The van der Waals surface area contributed by atoms with Crippen molar-refractivity contribution in [3.05, 3.63) is 33.1 Å². The Labute approximate surface area is 94.4 Å². The summed E-state index contributed by atoms with van der Waals surface area (Å²) in [6, 6.07) is 7.04. The van der Waals surface area contributed by atoms with Gasteiger partial charge in [-0.05, 0) is 47.1 Å². The van der Waals surface area contributed by atoms with Crippen molar-refractivity contribution in [1.29, 1.82) is 0 Å². The number of phenolic OH excluding ortho intramolecular Hbond substituents is 1. The van der Waals surface area contributed by atoms with Crippen LogP contribution in [0, 0.1) is 6.92 Å². The average Bonchev–Trinajstić information content (AvgIpc) is 2.47. The van der Waals surface area contributed by atoms with Crippen molar-refractivity contribution in [1.82, 2.24) is 4.98 Å². The molecule has 0 aliphatic rings. The summed E-state index contributed by atoms with van der Waals surface area (Å²) in [5, 5.41) is 10.2. The fraction of sp³-hybridized carbons (Fsp3) is 0.100. The Kier molecular flexibility index (Phi) is 2.56. The number of benzene rings is 1.